The summed E-state index contributed by atoms with van der Waals surface area (Å²) in [6.07, 6.45) is 0. The van der Waals surface area contributed by atoms with Crippen LogP contribution in [-0.4, -0.2) is 21.6 Å². The van der Waals surface area contributed by atoms with Crippen LogP contribution in [0.3, 0.4) is 0 Å². The molecular formula is C27H22N2O2. The van der Waals surface area contributed by atoms with E-state index < -0.39 is 0 Å². The number of hydrogen-bond acceptors (Lipinski definition) is 3. The number of aryl methyl sites for hydroxylation is 1. The summed E-state index contributed by atoms with van der Waals surface area (Å²) in [5.74, 6) is -0.0950. The molecule has 0 unspecified atom stereocenters. The van der Waals surface area contributed by atoms with Gasteiger partial charge in [0.1, 0.15) is 5.76 Å². The van der Waals surface area contributed by atoms with Crippen LogP contribution < -0.4 is 0 Å². The number of aliphatic imine (C=N–C) groups is 1. The van der Waals surface area contributed by atoms with Gasteiger partial charge in [0, 0.05) is 33.8 Å². The number of nitrogens with one attached hydrogen (secondary N) is 1. The van der Waals surface area contributed by atoms with Crippen LogP contribution in [0.15, 0.2) is 94.2 Å². The van der Waals surface area contributed by atoms with Gasteiger partial charge >= 0.3 is 0 Å². The Hall–Kier alpha value is -3.92. The average molecular weight is 406 g/mol. The quantitative estimate of drug-likeness (QED) is 0.521. The maximum absolute atomic E-state index is 13.2. The van der Waals surface area contributed by atoms with Crippen LogP contribution in [0, 0.1) is 6.92 Å². The van der Waals surface area contributed by atoms with Gasteiger partial charge in [0.05, 0.1) is 16.8 Å². The van der Waals surface area contributed by atoms with Crippen LogP contribution in [0.25, 0.3) is 22.5 Å². The molecule has 2 aliphatic rings. The van der Waals surface area contributed by atoms with E-state index in [0.29, 0.717) is 11.1 Å². The Morgan fingerprint density at radius 3 is 2.03 bits per heavy atom. The lowest BCUT2D eigenvalue weighted by Crippen LogP contribution is -2.24. The SMILES string of the molecule is CC1=NC(c2ccccc2)=C(C)/C1=C1/C(=O)C(c2cc(-c3ccccc3)[nH]c2C)=C1O. The molecule has 152 valence electrons. The fraction of sp³-hybridized carbons (Fsp3) is 0.111. The lowest BCUT2D eigenvalue weighted by molar-refractivity contribution is -0.111. The minimum atomic E-state index is -0.141. The minimum Gasteiger partial charge on any atom is -0.506 e. The van der Waals surface area contributed by atoms with E-state index in [-0.39, 0.29) is 11.5 Å². The standard InChI is InChI=1S/C27H22N2O2/c1-15-22(17(3)29-25(15)19-12-8-5-9-13-19)24-26(30)23(27(24)31)20-14-21(28-16(20)2)18-10-6-4-7-11-18/h4-14,28,30H,1-3H3/b24-22-. The van der Waals surface area contributed by atoms with Gasteiger partial charge in [-0.3, -0.25) is 9.79 Å². The molecule has 1 aliphatic heterocycles. The van der Waals surface area contributed by atoms with Crippen molar-refractivity contribution in [2.75, 3.05) is 0 Å². The average Bonchev–Trinajstić information content (AvgIpc) is 3.30. The molecule has 31 heavy (non-hydrogen) atoms. The largest absolute Gasteiger partial charge is 0.506 e. The van der Waals surface area contributed by atoms with Crippen molar-refractivity contribution in [3.05, 3.63) is 106 Å². The Morgan fingerprint density at radius 2 is 1.42 bits per heavy atom. The summed E-state index contributed by atoms with van der Waals surface area (Å²) in [4.78, 5) is 21.3. The van der Waals surface area contributed by atoms with Crippen molar-refractivity contribution in [3.8, 4) is 11.3 Å². The van der Waals surface area contributed by atoms with Crippen molar-refractivity contribution in [1.82, 2.24) is 4.98 Å². The highest BCUT2D eigenvalue weighted by Gasteiger charge is 2.40. The summed E-state index contributed by atoms with van der Waals surface area (Å²) in [5, 5.41) is 11.0. The highest BCUT2D eigenvalue weighted by molar-refractivity contribution is 6.41. The summed E-state index contributed by atoms with van der Waals surface area (Å²) in [6.45, 7) is 5.76. The zero-order chi connectivity index (χ0) is 21.7. The third-order valence-electron chi connectivity index (χ3n) is 5.97. The number of nitrogens with zero attached hydrogens (tertiary/aromatic N) is 1. The minimum absolute atomic E-state index is 0.0462. The molecule has 0 spiro atoms. The Bertz CT molecular complexity index is 1350. The number of aromatic nitrogens is 1. The molecule has 5 rings (SSSR count). The smallest absolute Gasteiger partial charge is 0.201 e. The number of ketones is 1. The number of carbonyl (C=O) groups is 1. The summed E-state index contributed by atoms with van der Waals surface area (Å²) in [5.41, 5.74) is 8.52. The van der Waals surface area contributed by atoms with Crippen molar-refractivity contribution in [1.29, 1.82) is 0 Å². The van der Waals surface area contributed by atoms with E-state index in [1.807, 2.05) is 87.5 Å². The Labute approximate surface area is 181 Å². The Kier molecular flexibility index (Phi) is 4.36. The van der Waals surface area contributed by atoms with Gasteiger partial charge in [-0.1, -0.05) is 60.7 Å². The van der Waals surface area contributed by atoms with E-state index in [0.717, 1.165) is 50.6 Å². The third-order valence-corrected chi connectivity index (χ3v) is 5.97. The number of allylic oxidation sites excluding steroid dienone is 4. The summed E-state index contributed by atoms with van der Waals surface area (Å²) in [6, 6.07) is 21.8. The molecule has 1 aliphatic carbocycles. The molecule has 0 saturated carbocycles. The van der Waals surface area contributed by atoms with E-state index in [1.165, 1.54) is 0 Å². The van der Waals surface area contributed by atoms with Crippen LogP contribution in [0.2, 0.25) is 0 Å². The Morgan fingerprint density at radius 1 is 0.806 bits per heavy atom. The number of Topliss-reactive ketones (excluding diaryl/α,β-unsaturated/α-hetero) is 1. The second-order valence-electron chi connectivity index (χ2n) is 7.93. The molecule has 3 aromatic rings. The van der Waals surface area contributed by atoms with E-state index >= 15 is 0 Å². The third kappa shape index (κ3) is 2.91. The van der Waals surface area contributed by atoms with Crippen LogP contribution >= 0.6 is 0 Å². The maximum Gasteiger partial charge on any atom is 0.201 e. The Balaban J connectivity index is 1.60. The highest BCUT2D eigenvalue weighted by atomic mass is 16.3. The summed E-state index contributed by atoms with van der Waals surface area (Å²) < 4.78 is 0. The van der Waals surface area contributed by atoms with Crippen molar-refractivity contribution in [2.45, 2.75) is 20.8 Å². The van der Waals surface area contributed by atoms with Gasteiger partial charge in [0.2, 0.25) is 5.78 Å². The van der Waals surface area contributed by atoms with Crippen LogP contribution in [-0.2, 0) is 4.79 Å². The van der Waals surface area contributed by atoms with Crippen molar-refractivity contribution >= 4 is 22.8 Å². The molecule has 0 radical (unpaired) electrons. The molecule has 0 saturated heterocycles. The first-order valence-corrected chi connectivity index (χ1v) is 10.3. The number of H-pyrrole nitrogens is 1. The van der Waals surface area contributed by atoms with Gasteiger partial charge in [-0.15, -0.1) is 0 Å². The molecule has 4 heteroatoms. The number of aliphatic hydroxyl groups excluding tert-OH is 1. The molecule has 1 aromatic heterocycles. The fourth-order valence-electron chi connectivity index (χ4n) is 4.42. The van der Waals surface area contributed by atoms with Crippen molar-refractivity contribution in [2.24, 2.45) is 4.99 Å². The monoisotopic (exact) mass is 406 g/mol. The first kappa shape index (κ1) is 19.1. The topological polar surface area (TPSA) is 65.5 Å². The van der Waals surface area contributed by atoms with Crippen LogP contribution in [0.1, 0.15) is 30.7 Å². The number of rotatable bonds is 3. The number of aromatic amines is 1. The second-order valence-corrected chi connectivity index (χ2v) is 7.93. The van der Waals surface area contributed by atoms with Crippen molar-refractivity contribution < 1.29 is 9.90 Å². The molecule has 0 fully saturated rings. The molecular weight excluding hydrogens is 384 g/mol. The molecule has 0 amide bonds. The highest BCUT2D eigenvalue weighted by Crippen LogP contribution is 2.44. The number of aliphatic hydroxyl groups is 1. The van der Waals surface area contributed by atoms with E-state index in [4.69, 9.17) is 4.99 Å². The predicted molar refractivity (Wildman–Crippen MR) is 125 cm³/mol. The number of hydrogen-bond donors (Lipinski definition) is 2. The van der Waals surface area contributed by atoms with Gasteiger partial charge in [0.15, 0.2) is 0 Å². The number of carbonyl (C=O) groups excluding carboxylic acids is 1. The van der Waals surface area contributed by atoms with E-state index in [2.05, 4.69) is 4.98 Å². The van der Waals surface area contributed by atoms with E-state index in [1.54, 1.807) is 0 Å². The molecule has 4 nitrogen and oxygen atoms in total. The first-order chi connectivity index (χ1) is 15.0. The molecule has 0 atom stereocenters. The molecule has 2 N–H and O–H groups in total. The summed E-state index contributed by atoms with van der Waals surface area (Å²) >= 11 is 0. The van der Waals surface area contributed by atoms with Crippen LogP contribution in [0.4, 0.5) is 0 Å². The van der Waals surface area contributed by atoms with E-state index in [9.17, 15) is 9.90 Å². The summed E-state index contributed by atoms with van der Waals surface area (Å²) in [7, 11) is 0. The van der Waals surface area contributed by atoms with Gasteiger partial charge in [0.25, 0.3) is 0 Å². The maximum atomic E-state index is 13.2. The molecule has 2 heterocycles. The molecule has 2 aromatic carbocycles. The normalized spacial score (nSPS) is 18.5. The van der Waals surface area contributed by atoms with Gasteiger partial charge < -0.3 is 10.1 Å². The van der Waals surface area contributed by atoms with Gasteiger partial charge in [-0.25, -0.2) is 0 Å². The van der Waals surface area contributed by atoms with Gasteiger partial charge in [-0.2, -0.15) is 0 Å². The van der Waals surface area contributed by atoms with Gasteiger partial charge in [-0.05, 0) is 38.0 Å². The van der Waals surface area contributed by atoms with Crippen molar-refractivity contribution in [3.63, 3.8) is 0 Å². The first-order valence-electron chi connectivity index (χ1n) is 10.3. The lowest BCUT2D eigenvalue weighted by atomic mass is 9.78. The second kappa shape index (κ2) is 7.10. The number of benzene rings is 2. The lowest BCUT2D eigenvalue weighted by Gasteiger charge is -2.24. The predicted octanol–water partition coefficient (Wildman–Crippen LogP) is 6.04. The zero-order valence-electron chi connectivity index (χ0n) is 17.7. The molecule has 0 bridgehead atoms. The van der Waals surface area contributed by atoms with Crippen LogP contribution in [0.5, 0.6) is 0 Å². The fourth-order valence-corrected chi connectivity index (χ4v) is 4.42. The zero-order valence-corrected chi connectivity index (χ0v) is 17.7.